The largest absolute Gasteiger partial charge is 0.493 e. The number of hydrogen-bond donors (Lipinski definition) is 0. The molecular formula is C14H13NO2. The van der Waals surface area contributed by atoms with Gasteiger partial charge in [0.2, 0.25) is 0 Å². The Morgan fingerprint density at radius 2 is 1.76 bits per heavy atom. The standard InChI is InChI=1S/C14H13NO2/c1-9-6-11-5-4-10(8-15)7-12(11)14(17-3)13(9)16-2/h4-7H,1-3H3. The molecule has 0 aromatic heterocycles. The van der Waals surface area contributed by atoms with Crippen LogP contribution in [0.15, 0.2) is 24.3 Å². The van der Waals surface area contributed by atoms with E-state index in [-0.39, 0.29) is 0 Å². The van der Waals surface area contributed by atoms with Crippen molar-refractivity contribution < 1.29 is 9.47 Å². The molecule has 0 radical (unpaired) electrons. The Bertz CT molecular complexity index is 612. The second kappa shape index (κ2) is 4.34. The molecule has 0 fully saturated rings. The molecule has 0 saturated heterocycles. The molecule has 3 nitrogen and oxygen atoms in total. The first-order valence-electron chi connectivity index (χ1n) is 5.26. The number of aryl methyl sites for hydroxylation is 1. The molecule has 2 rings (SSSR count). The van der Waals surface area contributed by atoms with Crippen LogP contribution in [0.5, 0.6) is 11.5 Å². The average Bonchev–Trinajstić information content (AvgIpc) is 2.36. The number of ether oxygens (including phenoxy) is 2. The molecule has 0 amide bonds. The van der Waals surface area contributed by atoms with Gasteiger partial charge in [-0.1, -0.05) is 6.07 Å². The van der Waals surface area contributed by atoms with Gasteiger partial charge in [0.05, 0.1) is 25.9 Å². The van der Waals surface area contributed by atoms with E-state index in [9.17, 15) is 0 Å². The Morgan fingerprint density at radius 3 is 2.35 bits per heavy atom. The smallest absolute Gasteiger partial charge is 0.168 e. The van der Waals surface area contributed by atoms with E-state index in [0.29, 0.717) is 11.3 Å². The van der Waals surface area contributed by atoms with Crippen LogP contribution in [0.25, 0.3) is 10.8 Å². The summed E-state index contributed by atoms with van der Waals surface area (Å²) in [4.78, 5) is 0. The highest BCUT2D eigenvalue weighted by Gasteiger charge is 2.12. The zero-order chi connectivity index (χ0) is 12.4. The van der Waals surface area contributed by atoms with Gasteiger partial charge in [-0.3, -0.25) is 0 Å². The molecule has 0 aliphatic rings. The highest BCUT2D eigenvalue weighted by Crippen LogP contribution is 2.38. The van der Waals surface area contributed by atoms with E-state index in [2.05, 4.69) is 6.07 Å². The van der Waals surface area contributed by atoms with E-state index in [1.54, 1.807) is 20.3 Å². The Hall–Kier alpha value is -2.21. The van der Waals surface area contributed by atoms with Crippen LogP contribution in [-0.4, -0.2) is 14.2 Å². The SMILES string of the molecule is COc1c(C)cc2ccc(C#N)cc2c1OC. The van der Waals surface area contributed by atoms with Gasteiger partial charge in [-0.2, -0.15) is 5.26 Å². The van der Waals surface area contributed by atoms with Gasteiger partial charge in [-0.25, -0.2) is 0 Å². The van der Waals surface area contributed by atoms with E-state index in [4.69, 9.17) is 14.7 Å². The zero-order valence-corrected chi connectivity index (χ0v) is 10.1. The van der Waals surface area contributed by atoms with Crippen LogP contribution >= 0.6 is 0 Å². The number of benzene rings is 2. The van der Waals surface area contributed by atoms with E-state index < -0.39 is 0 Å². The first kappa shape index (κ1) is 11.3. The van der Waals surface area contributed by atoms with Crippen molar-refractivity contribution in [1.82, 2.24) is 0 Å². The summed E-state index contributed by atoms with van der Waals surface area (Å²) in [5.41, 5.74) is 1.63. The van der Waals surface area contributed by atoms with Crippen molar-refractivity contribution in [3.63, 3.8) is 0 Å². The lowest BCUT2D eigenvalue weighted by atomic mass is 10.0. The quantitative estimate of drug-likeness (QED) is 0.791. The molecule has 0 heterocycles. The van der Waals surface area contributed by atoms with Crippen molar-refractivity contribution in [3.8, 4) is 17.6 Å². The van der Waals surface area contributed by atoms with Gasteiger partial charge in [0.1, 0.15) is 0 Å². The number of nitriles is 1. The van der Waals surface area contributed by atoms with Gasteiger partial charge >= 0.3 is 0 Å². The fraction of sp³-hybridized carbons (Fsp3) is 0.214. The minimum absolute atomic E-state index is 0.613. The van der Waals surface area contributed by atoms with Gasteiger partial charge in [0, 0.05) is 5.39 Å². The lowest BCUT2D eigenvalue weighted by Gasteiger charge is -2.13. The molecule has 3 heteroatoms. The summed E-state index contributed by atoms with van der Waals surface area (Å²) < 4.78 is 10.7. The average molecular weight is 227 g/mol. The molecule has 86 valence electrons. The van der Waals surface area contributed by atoms with Crippen LogP contribution in [0, 0.1) is 18.3 Å². The number of fused-ring (bicyclic) bond motifs is 1. The molecule has 0 aliphatic heterocycles. The monoisotopic (exact) mass is 227 g/mol. The van der Waals surface area contributed by atoms with Crippen LogP contribution in [0.3, 0.4) is 0 Å². The zero-order valence-electron chi connectivity index (χ0n) is 10.1. The van der Waals surface area contributed by atoms with Crippen molar-refractivity contribution in [2.24, 2.45) is 0 Å². The number of methoxy groups -OCH3 is 2. The maximum absolute atomic E-state index is 8.92. The number of nitrogens with zero attached hydrogens (tertiary/aromatic N) is 1. The summed E-state index contributed by atoms with van der Waals surface area (Å²) in [5.74, 6) is 1.40. The Labute approximate surface area is 100 Å². The van der Waals surface area contributed by atoms with Crippen molar-refractivity contribution in [2.45, 2.75) is 6.92 Å². The molecule has 0 atom stereocenters. The maximum Gasteiger partial charge on any atom is 0.168 e. The molecule has 0 unspecified atom stereocenters. The van der Waals surface area contributed by atoms with Crippen LogP contribution in [-0.2, 0) is 0 Å². The third-order valence-electron chi connectivity index (χ3n) is 2.77. The molecule has 0 saturated carbocycles. The van der Waals surface area contributed by atoms with Crippen LogP contribution in [0.2, 0.25) is 0 Å². The second-order valence-electron chi connectivity index (χ2n) is 3.81. The van der Waals surface area contributed by atoms with E-state index in [1.165, 1.54) is 0 Å². The van der Waals surface area contributed by atoms with Gasteiger partial charge in [0.25, 0.3) is 0 Å². The molecule has 0 N–H and O–H groups in total. The fourth-order valence-electron chi connectivity index (χ4n) is 2.00. The molecule has 0 spiro atoms. The fourth-order valence-corrected chi connectivity index (χ4v) is 2.00. The summed E-state index contributed by atoms with van der Waals surface area (Å²) in [6.45, 7) is 1.97. The first-order valence-corrected chi connectivity index (χ1v) is 5.26. The lowest BCUT2D eigenvalue weighted by molar-refractivity contribution is 0.356. The first-order chi connectivity index (χ1) is 8.21. The minimum Gasteiger partial charge on any atom is -0.493 e. The Balaban J connectivity index is 2.86. The maximum atomic E-state index is 8.92. The number of rotatable bonds is 2. The van der Waals surface area contributed by atoms with Crippen molar-refractivity contribution in [3.05, 3.63) is 35.4 Å². The molecule has 2 aromatic carbocycles. The third-order valence-corrected chi connectivity index (χ3v) is 2.77. The van der Waals surface area contributed by atoms with E-state index >= 15 is 0 Å². The highest BCUT2D eigenvalue weighted by molar-refractivity contribution is 5.92. The molecule has 0 bridgehead atoms. The molecular weight excluding hydrogens is 214 g/mol. The predicted molar refractivity (Wildman–Crippen MR) is 66.5 cm³/mol. The van der Waals surface area contributed by atoms with Crippen LogP contribution in [0.1, 0.15) is 11.1 Å². The van der Waals surface area contributed by atoms with E-state index in [1.807, 2.05) is 25.1 Å². The summed E-state index contributed by atoms with van der Waals surface area (Å²) in [5, 5.41) is 10.9. The normalized spacial score (nSPS) is 10.0. The molecule has 17 heavy (non-hydrogen) atoms. The Kier molecular flexibility index (Phi) is 2.88. The summed E-state index contributed by atoms with van der Waals surface area (Å²) in [6.07, 6.45) is 0. The number of hydrogen-bond acceptors (Lipinski definition) is 3. The van der Waals surface area contributed by atoms with Crippen molar-refractivity contribution >= 4 is 10.8 Å². The Morgan fingerprint density at radius 1 is 1.06 bits per heavy atom. The summed E-state index contributed by atoms with van der Waals surface area (Å²) in [6, 6.07) is 9.69. The van der Waals surface area contributed by atoms with Gasteiger partial charge < -0.3 is 9.47 Å². The third kappa shape index (κ3) is 1.78. The van der Waals surface area contributed by atoms with Crippen molar-refractivity contribution in [1.29, 1.82) is 5.26 Å². The predicted octanol–water partition coefficient (Wildman–Crippen LogP) is 3.04. The van der Waals surface area contributed by atoms with Gasteiger partial charge in [0.15, 0.2) is 11.5 Å². The van der Waals surface area contributed by atoms with Gasteiger partial charge in [-0.05, 0) is 36.1 Å². The van der Waals surface area contributed by atoms with Crippen molar-refractivity contribution in [2.75, 3.05) is 14.2 Å². The minimum atomic E-state index is 0.613. The summed E-state index contributed by atoms with van der Waals surface area (Å²) >= 11 is 0. The van der Waals surface area contributed by atoms with Crippen LogP contribution in [0.4, 0.5) is 0 Å². The van der Waals surface area contributed by atoms with Gasteiger partial charge in [-0.15, -0.1) is 0 Å². The van der Waals surface area contributed by atoms with E-state index in [0.717, 1.165) is 22.1 Å². The lowest BCUT2D eigenvalue weighted by Crippen LogP contribution is -1.94. The second-order valence-corrected chi connectivity index (χ2v) is 3.81. The molecule has 2 aromatic rings. The highest BCUT2D eigenvalue weighted by atomic mass is 16.5. The van der Waals surface area contributed by atoms with Crippen LogP contribution < -0.4 is 9.47 Å². The topological polar surface area (TPSA) is 42.2 Å². The molecule has 0 aliphatic carbocycles. The summed E-state index contributed by atoms with van der Waals surface area (Å²) in [7, 11) is 3.22.